The topological polar surface area (TPSA) is 54.9 Å². The summed E-state index contributed by atoms with van der Waals surface area (Å²) in [6.07, 6.45) is -4.38. The Bertz CT molecular complexity index is 947. The van der Waals surface area contributed by atoms with Gasteiger partial charge >= 0.3 is 6.18 Å². The number of ether oxygens (including phenoxy) is 2. The second-order valence-electron chi connectivity index (χ2n) is 6.61. The second kappa shape index (κ2) is 11.9. The van der Waals surface area contributed by atoms with E-state index in [1.54, 1.807) is 14.2 Å². The predicted molar refractivity (Wildman–Crippen MR) is 115 cm³/mol. The number of benzene rings is 2. The monoisotopic (exact) mass is 433 g/mol. The van der Waals surface area contributed by atoms with Crippen molar-refractivity contribution in [3.05, 3.63) is 64.7 Å². The second-order valence-corrected chi connectivity index (χ2v) is 6.61. The van der Waals surface area contributed by atoms with Crippen LogP contribution in [-0.2, 0) is 17.5 Å². The van der Waals surface area contributed by atoms with Crippen molar-refractivity contribution in [3.63, 3.8) is 0 Å². The van der Waals surface area contributed by atoms with Gasteiger partial charge in [0, 0.05) is 31.8 Å². The van der Waals surface area contributed by atoms with Crippen LogP contribution >= 0.6 is 0 Å². The van der Waals surface area contributed by atoms with Gasteiger partial charge in [0.05, 0.1) is 18.7 Å². The molecule has 0 atom stereocenters. The van der Waals surface area contributed by atoms with Gasteiger partial charge in [-0.3, -0.25) is 4.99 Å². The Morgan fingerprint density at radius 3 is 2.61 bits per heavy atom. The summed E-state index contributed by atoms with van der Waals surface area (Å²) in [5, 5.41) is 6.19. The first-order chi connectivity index (χ1) is 14.8. The molecule has 31 heavy (non-hydrogen) atoms. The number of nitrogens with zero attached hydrogens (tertiary/aromatic N) is 1. The molecule has 0 saturated heterocycles. The SMILES string of the molecule is CN=C(NCC#Cc1cccc(C(F)(F)F)c1)NCc1ccc(C)cc1OCCOC. The number of halogens is 3. The highest BCUT2D eigenvalue weighted by Gasteiger charge is 2.30. The molecule has 0 aliphatic rings. The maximum absolute atomic E-state index is 12.8. The van der Waals surface area contributed by atoms with Crippen LogP contribution in [0.5, 0.6) is 5.75 Å². The molecule has 0 aromatic heterocycles. The van der Waals surface area contributed by atoms with Crippen molar-refractivity contribution < 1.29 is 22.6 Å². The zero-order valence-corrected chi connectivity index (χ0v) is 17.8. The molecule has 0 aliphatic carbocycles. The first-order valence-corrected chi connectivity index (χ1v) is 9.65. The minimum atomic E-state index is -4.38. The number of hydrogen-bond donors (Lipinski definition) is 2. The number of nitrogens with one attached hydrogen (secondary N) is 2. The van der Waals surface area contributed by atoms with E-state index in [-0.39, 0.29) is 6.54 Å². The van der Waals surface area contributed by atoms with Gasteiger partial charge in [-0.1, -0.05) is 30.0 Å². The molecule has 166 valence electrons. The molecule has 0 fully saturated rings. The largest absolute Gasteiger partial charge is 0.491 e. The molecule has 8 heteroatoms. The Hall–Kier alpha value is -3.18. The summed E-state index contributed by atoms with van der Waals surface area (Å²) in [7, 11) is 3.24. The summed E-state index contributed by atoms with van der Waals surface area (Å²) >= 11 is 0. The highest BCUT2D eigenvalue weighted by atomic mass is 19.4. The fourth-order valence-electron chi connectivity index (χ4n) is 2.62. The van der Waals surface area contributed by atoms with Crippen LogP contribution in [0.4, 0.5) is 13.2 Å². The number of hydrogen-bond acceptors (Lipinski definition) is 3. The van der Waals surface area contributed by atoms with Gasteiger partial charge in [-0.2, -0.15) is 13.2 Å². The van der Waals surface area contributed by atoms with Crippen molar-refractivity contribution in [1.29, 1.82) is 0 Å². The van der Waals surface area contributed by atoms with Crippen LogP contribution in [-0.4, -0.2) is 39.9 Å². The van der Waals surface area contributed by atoms with Crippen molar-refractivity contribution in [1.82, 2.24) is 10.6 Å². The molecule has 0 spiro atoms. The van der Waals surface area contributed by atoms with Gasteiger partial charge in [-0.15, -0.1) is 0 Å². The summed E-state index contributed by atoms with van der Waals surface area (Å²) in [4.78, 5) is 4.13. The highest BCUT2D eigenvalue weighted by Crippen LogP contribution is 2.29. The lowest BCUT2D eigenvalue weighted by Crippen LogP contribution is -2.37. The lowest BCUT2D eigenvalue weighted by molar-refractivity contribution is -0.137. The Labute approximate surface area is 180 Å². The quantitative estimate of drug-likeness (QED) is 0.302. The standard InChI is InChI=1S/C23H26F3N3O2/c1-17-9-10-19(21(14-17)31-13-12-30-3)16-29-22(27-2)28-11-5-7-18-6-4-8-20(15-18)23(24,25)26/h4,6,8-10,14-15H,11-13,16H2,1-3H3,(H2,27,28,29). The fraction of sp³-hybridized carbons (Fsp3) is 0.348. The van der Waals surface area contributed by atoms with Crippen molar-refractivity contribution in [2.45, 2.75) is 19.6 Å². The summed E-state index contributed by atoms with van der Waals surface area (Å²) in [5.74, 6) is 6.82. The summed E-state index contributed by atoms with van der Waals surface area (Å²) < 4.78 is 49.1. The average Bonchev–Trinajstić information content (AvgIpc) is 2.74. The Morgan fingerprint density at radius 1 is 1.10 bits per heavy atom. The Kier molecular flexibility index (Phi) is 9.22. The van der Waals surface area contributed by atoms with Crippen LogP contribution in [0, 0.1) is 18.8 Å². The highest BCUT2D eigenvalue weighted by molar-refractivity contribution is 5.80. The molecule has 0 bridgehead atoms. The lowest BCUT2D eigenvalue weighted by atomic mass is 10.1. The van der Waals surface area contributed by atoms with Gasteiger partial charge in [0.25, 0.3) is 0 Å². The number of alkyl halides is 3. The first-order valence-electron chi connectivity index (χ1n) is 9.65. The number of methoxy groups -OCH3 is 1. The normalized spacial score (nSPS) is 11.5. The van der Waals surface area contributed by atoms with E-state index in [0.717, 1.165) is 29.0 Å². The third-order valence-electron chi connectivity index (χ3n) is 4.20. The molecule has 5 nitrogen and oxygen atoms in total. The van der Waals surface area contributed by atoms with Gasteiger partial charge in [-0.05, 0) is 36.8 Å². The molecule has 0 aliphatic heterocycles. The van der Waals surface area contributed by atoms with Gasteiger partial charge < -0.3 is 20.1 Å². The predicted octanol–water partition coefficient (Wildman–Crippen LogP) is 3.76. The number of rotatable bonds is 7. The van der Waals surface area contributed by atoms with E-state index in [9.17, 15) is 13.2 Å². The number of aliphatic imine (C=N–C) groups is 1. The molecule has 2 N–H and O–H groups in total. The minimum absolute atomic E-state index is 0.223. The molecule has 2 aromatic rings. The zero-order chi connectivity index (χ0) is 22.7. The summed E-state index contributed by atoms with van der Waals surface area (Å²) in [6.45, 7) is 3.63. The van der Waals surface area contributed by atoms with Crippen LogP contribution in [0.15, 0.2) is 47.5 Å². The zero-order valence-electron chi connectivity index (χ0n) is 17.8. The van der Waals surface area contributed by atoms with Crippen molar-refractivity contribution in [2.75, 3.05) is 33.9 Å². The summed E-state index contributed by atoms with van der Waals surface area (Å²) in [5.41, 5.74) is 1.63. The molecular weight excluding hydrogens is 407 g/mol. The number of aryl methyl sites for hydroxylation is 1. The molecule has 0 saturated carbocycles. The van der Waals surface area contributed by atoms with Crippen molar-refractivity contribution in [2.24, 2.45) is 4.99 Å². The van der Waals surface area contributed by atoms with E-state index in [1.165, 1.54) is 12.1 Å². The molecular formula is C23H26F3N3O2. The van der Waals surface area contributed by atoms with E-state index in [2.05, 4.69) is 27.5 Å². The van der Waals surface area contributed by atoms with Gasteiger partial charge in [0.1, 0.15) is 12.4 Å². The van der Waals surface area contributed by atoms with Gasteiger partial charge in [-0.25, -0.2) is 0 Å². The van der Waals surface area contributed by atoms with E-state index in [1.807, 2.05) is 25.1 Å². The van der Waals surface area contributed by atoms with E-state index in [4.69, 9.17) is 9.47 Å². The molecule has 0 amide bonds. The van der Waals surface area contributed by atoms with Crippen LogP contribution in [0.25, 0.3) is 0 Å². The molecule has 2 rings (SSSR count). The average molecular weight is 433 g/mol. The molecule has 0 radical (unpaired) electrons. The third-order valence-corrected chi connectivity index (χ3v) is 4.20. The number of guanidine groups is 1. The van der Waals surface area contributed by atoms with E-state index >= 15 is 0 Å². The Morgan fingerprint density at radius 2 is 1.90 bits per heavy atom. The minimum Gasteiger partial charge on any atom is -0.491 e. The van der Waals surface area contributed by atoms with E-state index in [0.29, 0.717) is 31.3 Å². The molecule has 2 aromatic carbocycles. The van der Waals surface area contributed by atoms with Crippen LogP contribution in [0.3, 0.4) is 0 Å². The third kappa shape index (κ3) is 8.22. The van der Waals surface area contributed by atoms with Crippen LogP contribution in [0.1, 0.15) is 22.3 Å². The molecule has 0 heterocycles. The van der Waals surface area contributed by atoms with E-state index < -0.39 is 11.7 Å². The maximum Gasteiger partial charge on any atom is 0.416 e. The summed E-state index contributed by atoms with van der Waals surface area (Å²) in [6, 6.07) is 10.9. The Balaban J connectivity index is 1.91. The van der Waals surface area contributed by atoms with Gasteiger partial charge in [0.2, 0.25) is 0 Å². The maximum atomic E-state index is 12.8. The first kappa shape index (κ1) is 24.1. The van der Waals surface area contributed by atoms with Crippen LogP contribution < -0.4 is 15.4 Å². The smallest absolute Gasteiger partial charge is 0.416 e. The van der Waals surface area contributed by atoms with Crippen LogP contribution in [0.2, 0.25) is 0 Å². The molecule has 0 unspecified atom stereocenters. The van der Waals surface area contributed by atoms with Crippen molar-refractivity contribution in [3.8, 4) is 17.6 Å². The fourth-order valence-corrected chi connectivity index (χ4v) is 2.62. The van der Waals surface area contributed by atoms with Crippen molar-refractivity contribution >= 4 is 5.96 Å². The lowest BCUT2D eigenvalue weighted by Gasteiger charge is -2.14. The van der Waals surface area contributed by atoms with Gasteiger partial charge in [0.15, 0.2) is 5.96 Å².